The van der Waals surface area contributed by atoms with Crippen molar-refractivity contribution in [3.63, 3.8) is 0 Å². The highest BCUT2D eigenvalue weighted by Crippen LogP contribution is 2.25. The molecule has 0 aromatic carbocycles. The summed E-state index contributed by atoms with van der Waals surface area (Å²) >= 11 is 0. The second kappa shape index (κ2) is 6.12. The number of nitrogens with one attached hydrogen (secondary N) is 1. The Labute approximate surface area is 104 Å². The van der Waals surface area contributed by atoms with Gasteiger partial charge in [-0.25, -0.2) is 0 Å². The summed E-state index contributed by atoms with van der Waals surface area (Å²) in [7, 11) is 2.03. The molecule has 1 aliphatic heterocycles. The van der Waals surface area contributed by atoms with Gasteiger partial charge in [0.05, 0.1) is 6.10 Å². The van der Waals surface area contributed by atoms with Gasteiger partial charge in [0, 0.05) is 25.0 Å². The topological polar surface area (TPSA) is 34.1 Å². The fraction of sp³-hybridized carbons (Fsp3) is 0.643. The predicted octanol–water partition coefficient (Wildman–Crippen LogP) is 2.61. The second-order valence-corrected chi connectivity index (χ2v) is 4.79. The molecule has 1 aliphatic rings. The Hall–Kier alpha value is -0.930. The highest BCUT2D eigenvalue weighted by Gasteiger charge is 2.18. The summed E-state index contributed by atoms with van der Waals surface area (Å²) in [6.07, 6.45) is 9.02. The predicted molar refractivity (Wildman–Crippen MR) is 69.0 cm³/mol. The minimum absolute atomic E-state index is 0.419. The molecule has 94 valence electrons. The molecular formula is C14H22N2O. The molecule has 1 fully saturated rings. The summed E-state index contributed by atoms with van der Waals surface area (Å²) in [6, 6.07) is 2.54. The van der Waals surface area contributed by atoms with Gasteiger partial charge in [0.15, 0.2) is 0 Å². The summed E-state index contributed by atoms with van der Waals surface area (Å²) in [6.45, 7) is 3.07. The smallest absolute Gasteiger partial charge is 0.0576 e. The highest BCUT2D eigenvalue weighted by atomic mass is 16.5. The molecule has 2 unspecified atom stereocenters. The normalized spacial score (nSPS) is 21.6. The van der Waals surface area contributed by atoms with E-state index in [1.807, 2.05) is 19.4 Å². The fourth-order valence-electron chi connectivity index (χ4n) is 2.56. The molecular weight excluding hydrogens is 212 g/mol. The molecule has 3 nitrogen and oxygen atoms in total. The third kappa shape index (κ3) is 3.27. The van der Waals surface area contributed by atoms with E-state index >= 15 is 0 Å². The van der Waals surface area contributed by atoms with Crippen LogP contribution in [0.4, 0.5) is 0 Å². The molecule has 1 N–H and O–H groups in total. The van der Waals surface area contributed by atoms with Crippen LogP contribution in [0.3, 0.4) is 0 Å². The van der Waals surface area contributed by atoms with Crippen LogP contribution in [0, 0.1) is 6.92 Å². The van der Waals surface area contributed by atoms with Gasteiger partial charge in [-0.15, -0.1) is 0 Å². The average molecular weight is 234 g/mol. The first-order chi connectivity index (χ1) is 8.31. The Morgan fingerprint density at radius 1 is 1.59 bits per heavy atom. The van der Waals surface area contributed by atoms with Gasteiger partial charge in [0.1, 0.15) is 0 Å². The molecule has 0 bridgehead atoms. The number of nitrogens with zero attached hydrogens (tertiary/aromatic N) is 1. The molecule has 2 heterocycles. The van der Waals surface area contributed by atoms with Crippen molar-refractivity contribution in [3.8, 4) is 0 Å². The van der Waals surface area contributed by atoms with E-state index in [0.29, 0.717) is 12.1 Å². The maximum atomic E-state index is 5.67. The van der Waals surface area contributed by atoms with Gasteiger partial charge >= 0.3 is 0 Å². The quantitative estimate of drug-likeness (QED) is 0.850. The van der Waals surface area contributed by atoms with Crippen molar-refractivity contribution in [1.82, 2.24) is 10.3 Å². The van der Waals surface area contributed by atoms with Gasteiger partial charge < -0.3 is 10.1 Å². The van der Waals surface area contributed by atoms with E-state index in [9.17, 15) is 0 Å². The lowest BCUT2D eigenvalue weighted by Gasteiger charge is -2.20. The van der Waals surface area contributed by atoms with E-state index < -0.39 is 0 Å². The highest BCUT2D eigenvalue weighted by molar-refractivity contribution is 5.25. The van der Waals surface area contributed by atoms with E-state index in [4.69, 9.17) is 4.74 Å². The Morgan fingerprint density at radius 3 is 3.12 bits per heavy atom. The molecule has 0 spiro atoms. The van der Waals surface area contributed by atoms with Crippen LogP contribution in [0.15, 0.2) is 18.5 Å². The molecule has 2 atom stereocenters. The Balaban J connectivity index is 1.94. The van der Waals surface area contributed by atoms with Gasteiger partial charge in [0.2, 0.25) is 0 Å². The van der Waals surface area contributed by atoms with Gasteiger partial charge in [-0.05, 0) is 56.8 Å². The van der Waals surface area contributed by atoms with Crippen molar-refractivity contribution in [2.45, 2.75) is 44.8 Å². The second-order valence-electron chi connectivity index (χ2n) is 4.79. The summed E-state index contributed by atoms with van der Waals surface area (Å²) in [4.78, 5) is 4.15. The zero-order valence-corrected chi connectivity index (χ0v) is 10.8. The lowest BCUT2D eigenvalue weighted by Crippen LogP contribution is -2.19. The van der Waals surface area contributed by atoms with Crippen molar-refractivity contribution >= 4 is 0 Å². The van der Waals surface area contributed by atoms with E-state index in [-0.39, 0.29) is 0 Å². The Bertz CT molecular complexity index is 348. The minimum Gasteiger partial charge on any atom is -0.378 e. The monoisotopic (exact) mass is 234 g/mol. The van der Waals surface area contributed by atoms with E-state index in [1.165, 1.54) is 24.0 Å². The minimum atomic E-state index is 0.419. The molecule has 2 rings (SSSR count). The summed E-state index contributed by atoms with van der Waals surface area (Å²) in [5, 5.41) is 3.40. The van der Waals surface area contributed by atoms with E-state index in [2.05, 4.69) is 23.3 Å². The number of rotatable bonds is 5. The summed E-state index contributed by atoms with van der Waals surface area (Å²) < 4.78 is 5.67. The van der Waals surface area contributed by atoms with E-state index in [0.717, 1.165) is 19.4 Å². The molecule has 0 aliphatic carbocycles. The summed E-state index contributed by atoms with van der Waals surface area (Å²) in [5.74, 6) is 0. The lowest BCUT2D eigenvalue weighted by atomic mass is 9.97. The van der Waals surface area contributed by atoms with Crippen LogP contribution in [0.25, 0.3) is 0 Å². The van der Waals surface area contributed by atoms with Crippen LogP contribution >= 0.6 is 0 Å². The van der Waals surface area contributed by atoms with Gasteiger partial charge in [0.25, 0.3) is 0 Å². The van der Waals surface area contributed by atoms with Gasteiger partial charge in [-0.1, -0.05) is 0 Å². The van der Waals surface area contributed by atoms with Crippen LogP contribution in [0.2, 0.25) is 0 Å². The maximum absolute atomic E-state index is 5.67. The molecule has 17 heavy (non-hydrogen) atoms. The van der Waals surface area contributed by atoms with Crippen molar-refractivity contribution in [3.05, 3.63) is 29.6 Å². The fourth-order valence-corrected chi connectivity index (χ4v) is 2.56. The Morgan fingerprint density at radius 2 is 2.47 bits per heavy atom. The van der Waals surface area contributed by atoms with Crippen LogP contribution < -0.4 is 5.32 Å². The number of aromatic nitrogens is 1. The first kappa shape index (κ1) is 12.5. The zero-order valence-electron chi connectivity index (χ0n) is 10.8. The van der Waals surface area contributed by atoms with Crippen molar-refractivity contribution in [2.24, 2.45) is 0 Å². The van der Waals surface area contributed by atoms with Gasteiger partial charge in [-0.3, -0.25) is 4.98 Å². The van der Waals surface area contributed by atoms with Crippen molar-refractivity contribution < 1.29 is 4.74 Å². The Kier molecular flexibility index (Phi) is 4.51. The number of ether oxygens (including phenoxy) is 1. The van der Waals surface area contributed by atoms with E-state index in [1.54, 1.807) is 0 Å². The van der Waals surface area contributed by atoms with Crippen molar-refractivity contribution in [1.29, 1.82) is 0 Å². The molecule has 3 heteroatoms. The van der Waals surface area contributed by atoms with Crippen LogP contribution in [-0.4, -0.2) is 24.7 Å². The molecule has 0 radical (unpaired) electrons. The number of pyridine rings is 1. The van der Waals surface area contributed by atoms with Crippen molar-refractivity contribution in [2.75, 3.05) is 13.7 Å². The number of hydrogen-bond acceptors (Lipinski definition) is 3. The van der Waals surface area contributed by atoms with Gasteiger partial charge in [-0.2, -0.15) is 0 Å². The van der Waals surface area contributed by atoms with Crippen LogP contribution in [-0.2, 0) is 4.74 Å². The summed E-state index contributed by atoms with van der Waals surface area (Å²) in [5.41, 5.74) is 2.62. The number of hydrogen-bond donors (Lipinski definition) is 1. The molecule has 1 aromatic rings. The zero-order chi connectivity index (χ0) is 12.1. The third-order valence-corrected chi connectivity index (χ3v) is 3.59. The molecule has 1 aromatic heterocycles. The average Bonchev–Trinajstić information content (AvgIpc) is 2.85. The van der Waals surface area contributed by atoms with Crippen LogP contribution in [0.1, 0.15) is 42.9 Å². The largest absolute Gasteiger partial charge is 0.378 e. The number of aryl methyl sites for hydroxylation is 1. The SMILES string of the molecule is CNC(CCC1CCCO1)c1ccncc1C. The first-order valence-electron chi connectivity index (χ1n) is 6.50. The standard InChI is InChI=1S/C14H22N2O/c1-11-10-16-8-7-13(11)14(15-2)6-5-12-4-3-9-17-12/h7-8,10,12,14-15H,3-6,9H2,1-2H3. The lowest BCUT2D eigenvalue weighted by molar-refractivity contribution is 0.0998. The molecule has 0 saturated carbocycles. The van der Waals surface area contributed by atoms with Crippen LogP contribution in [0.5, 0.6) is 0 Å². The molecule has 0 amide bonds. The molecule has 1 saturated heterocycles. The maximum Gasteiger partial charge on any atom is 0.0576 e. The first-order valence-corrected chi connectivity index (χ1v) is 6.50. The third-order valence-electron chi connectivity index (χ3n) is 3.59.